The summed E-state index contributed by atoms with van der Waals surface area (Å²) in [5.74, 6) is 0.700. The first-order valence-electron chi connectivity index (χ1n) is 12.1. The van der Waals surface area contributed by atoms with Crippen molar-refractivity contribution in [3.63, 3.8) is 0 Å². The van der Waals surface area contributed by atoms with Crippen LogP contribution in [0.5, 0.6) is 0 Å². The third-order valence-electron chi connectivity index (χ3n) is 6.10. The molecule has 1 N–H and O–H groups in total. The molecule has 5 heteroatoms. The number of amides is 1. The molecular formula is C31H29N3OS. The van der Waals surface area contributed by atoms with Gasteiger partial charge >= 0.3 is 0 Å². The number of para-hydroxylation sites is 3. The Morgan fingerprint density at radius 1 is 0.833 bits per heavy atom. The van der Waals surface area contributed by atoms with E-state index in [4.69, 9.17) is 4.98 Å². The smallest absolute Gasteiger partial charge is 0.244 e. The number of aromatic nitrogens is 2. The Morgan fingerprint density at radius 3 is 2.25 bits per heavy atom. The largest absolute Gasteiger partial charge is 0.324 e. The maximum Gasteiger partial charge on any atom is 0.244 e. The normalized spacial score (nSPS) is 11.5. The molecule has 5 rings (SSSR count). The highest BCUT2D eigenvalue weighted by atomic mass is 32.2. The van der Waals surface area contributed by atoms with Gasteiger partial charge in [0.2, 0.25) is 5.91 Å². The molecule has 36 heavy (non-hydrogen) atoms. The monoisotopic (exact) mass is 491 g/mol. The Kier molecular flexibility index (Phi) is 6.66. The SMILES string of the molecule is CC(C)(C)c1ccc(-c2nc3ccccc3n2CC(=O)Nc2ccccc2Sc2ccccc2)cc1. The van der Waals surface area contributed by atoms with E-state index >= 15 is 0 Å². The quantitative estimate of drug-likeness (QED) is 0.264. The van der Waals surface area contributed by atoms with Crippen molar-refractivity contribution >= 4 is 34.4 Å². The van der Waals surface area contributed by atoms with E-state index in [-0.39, 0.29) is 17.9 Å². The van der Waals surface area contributed by atoms with Gasteiger partial charge in [-0.25, -0.2) is 4.98 Å². The molecule has 0 unspecified atom stereocenters. The van der Waals surface area contributed by atoms with Gasteiger partial charge in [-0.05, 0) is 47.4 Å². The molecule has 0 aliphatic heterocycles. The Bertz CT molecular complexity index is 1500. The first-order chi connectivity index (χ1) is 17.4. The second-order valence-corrected chi connectivity index (χ2v) is 10.9. The number of imidazole rings is 1. The van der Waals surface area contributed by atoms with Crippen LogP contribution >= 0.6 is 11.8 Å². The number of nitrogens with one attached hydrogen (secondary N) is 1. The molecule has 1 heterocycles. The molecule has 0 saturated carbocycles. The highest BCUT2D eigenvalue weighted by Gasteiger charge is 2.18. The van der Waals surface area contributed by atoms with Gasteiger partial charge in [-0.15, -0.1) is 0 Å². The Labute approximate surface area is 216 Å². The average molecular weight is 492 g/mol. The second-order valence-electron chi connectivity index (χ2n) is 9.80. The van der Waals surface area contributed by atoms with Crippen LogP contribution < -0.4 is 5.32 Å². The fourth-order valence-corrected chi connectivity index (χ4v) is 5.11. The van der Waals surface area contributed by atoms with Crippen LogP contribution in [0.25, 0.3) is 22.4 Å². The van der Waals surface area contributed by atoms with Gasteiger partial charge in [0, 0.05) is 15.4 Å². The fraction of sp³-hybridized carbons (Fsp3) is 0.161. The minimum absolute atomic E-state index is 0.0731. The van der Waals surface area contributed by atoms with E-state index in [0.29, 0.717) is 0 Å². The summed E-state index contributed by atoms with van der Waals surface area (Å²) >= 11 is 1.64. The number of hydrogen-bond acceptors (Lipinski definition) is 3. The highest BCUT2D eigenvalue weighted by Crippen LogP contribution is 2.33. The Balaban J connectivity index is 1.44. The third-order valence-corrected chi connectivity index (χ3v) is 7.18. The van der Waals surface area contributed by atoms with E-state index in [9.17, 15) is 4.79 Å². The van der Waals surface area contributed by atoms with Crippen molar-refractivity contribution in [2.75, 3.05) is 5.32 Å². The maximum absolute atomic E-state index is 13.3. The van der Waals surface area contributed by atoms with Crippen LogP contribution in [0.15, 0.2) is 113 Å². The van der Waals surface area contributed by atoms with Crippen molar-refractivity contribution in [1.82, 2.24) is 9.55 Å². The lowest BCUT2D eigenvalue weighted by Crippen LogP contribution is -2.19. The van der Waals surface area contributed by atoms with Gasteiger partial charge in [0.05, 0.1) is 16.7 Å². The zero-order valence-electron chi connectivity index (χ0n) is 20.7. The summed E-state index contributed by atoms with van der Waals surface area (Å²) in [5, 5.41) is 3.13. The highest BCUT2D eigenvalue weighted by molar-refractivity contribution is 7.99. The average Bonchev–Trinajstić information content (AvgIpc) is 3.23. The van der Waals surface area contributed by atoms with Crippen LogP contribution in [0.1, 0.15) is 26.3 Å². The second kappa shape index (κ2) is 10.0. The summed E-state index contributed by atoms with van der Waals surface area (Å²) in [4.78, 5) is 20.3. The summed E-state index contributed by atoms with van der Waals surface area (Å²) in [7, 11) is 0. The van der Waals surface area contributed by atoms with Gasteiger partial charge in [0.15, 0.2) is 0 Å². The van der Waals surface area contributed by atoms with Crippen molar-refractivity contribution in [3.05, 3.63) is 109 Å². The summed E-state index contributed by atoms with van der Waals surface area (Å²) in [5.41, 5.74) is 4.95. The number of anilines is 1. The van der Waals surface area contributed by atoms with E-state index in [0.717, 1.165) is 37.9 Å². The van der Waals surface area contributed by atoms with E-state index in [1.807, 2.05) is 71.3 Å². The van der Waals surface area contributed by atoms with Crippen molar-refractivity contribution in [1.29, 1.82) is 0 Å². The molecule has 1 aromatic heterocycles. The molecule has 1 amide bonds. The number of benzene rings is 4. The zero-order chi connectivity index (χ0) is 25.1. The van der Waals surface area contributed by atoms with Gasteiger partial charge in [-0.2, -0.15) is 0 Å². The van der Waals surface area contributed by atoms with Crippen LogP contribution in [-0.2, 0) is 16.8 Å². The lowest BCUT2D eigenvalue weighted by Gasteiger charge is -2.19. The van der Waals surface area contributed by atoms with E-state index in [2.05, 4.69) is 62.5 Å². The molecule has 0 bridgehead atoms. The van der Waals surface area contributed by atoms with Crippen LogP contribution in [0, 0.1) is 0 Å². The summed E-state index contributed by atoms with van der Waals surface area (Å²) < 4.78 is 2.00. The zero-order valence-corrected chi connectivity index (χ0v) is 21.5. The minimum atomic E-state index is -0.0909. The van der Waals surface area contributed by atoms with Crippen molar-refractivity contribution in [2.45, 2.75) is 42.5 Å². The first-order valence-corrected chi connectivity index (χ1v) is 12.9. The van der Waals surface area contributed by atoms with E-state index in [1.165, 1.54) is 5.56 Å². The predicted octanol–water partition coefficient (Wildman–Crippen LogP) is 7.79. The van der Waals surface area contributed by atoms with Crippen LogP contribution in [-0.4, -0.2) is 15.5 Å². The molecule has 0 aliphatic rings. The molecule has 0 spiro atoms. The Hall–Kier alpha value is -3.83. The maximum atomic E-state index is 13.3. The molecular weight excluding hydrogens is 462 g/mol. The molecule has 0 fully saturated rings. The van der Waals surface area contributed by atoms with Crippen molar-refractivity contribution in [2.24, 2.45) is 0 Å². The molecule has 180 valence electrons. The van der Waals surface area contributed by atoms with Gasteiger partial charge < -0.3 is 9.88 Å². The molecule has 0 atom stereocenters. The van der Waals surface area contributed by atoms with Gasteiger partial charge in [0.25, 0.3) is 0 Å². The van der Waals surface area contributed by atoms with Gasteiger partial charge in [-0.1, -0.05) is 99.3 Å². The molecule has 4 aromatic carbocycles. The minimum Gasteiger partial charge on any atom is -0.324 e. The summed E-state index contributed by atoms with van der Waals surface area (Å²) in [6.07, 6.45) is 0. The summed E-state index contributed by atoms with van der Waals surface area (Å²) in [6.45, 7) is 6.78. The number of rotatable bonds is 6. The number of nitrogens with zero attached hydrogens (tertiary/aromatic N) is 2. The number of hydrogen-bond donors (Lipinski definition) is 1. The Morgan fingerprint density at radius 2 is 1.50 bits per heavy atom. The molecule has 0 radical (unpaired) electrons. The number of carbonyl (C=O) groups is 1. The van der Waals surface area contributed by atoms with Crippen LogP contribution in [0.3, 0.4) is 0 Å². The predicted molar refractivity (Wildman–Crippen MR) is 150 cm³/mol. The lowest BCUT2D eigenvalue weighted by molar-refractivity contribution is -0.116. The molecule has 5 aromatic rings. The summed E-state index contributed by atoms with van der Waals surface area (Å²) in [6, 6.07) is 34.5. The topological polar surface area (TPSA) is 46.9 Å². The van der Waals surface area contributed by atoms with E-state index < -0.39 is 0 Å². The van der Waals surface area contributed by atoms with Crippen LogP contribution in [0.4, 0.5) is 5.69 Å². The van der Waals surface area contributed by atoms with Crippen molar-refractivity contribution < 1.29 is 4.79 Å². The van der Waals surface area contributed by atoms with Crippen molar-refractivity contribution in [3.8, 4) is 11.4 Å². The van der Waals surface area contributed by atoms with E-state index in [1.54, 1.807) is 11.8 Å². The molecule has 4 nitrogen and oxygen atoms in total. The third kappa shape index (κ3) is 5.21. The van der Waals surface area contributed by atoms with Gasteiger partial charge in [0.1, 0.15) is 12.4 Å². The lowest BCUT2D eigenvalue weighted by atomic mass is 9.87. The molecule has 0 saturated heterocycles. The molecule has 0 aliphatic carbocycles. The van der Waals surface area contributed by atoms with Gasteiger partial charge in [-0.3, -0.25) is 4.79 Å². The number of fused-ring (bicyclic) bond motifs is 1. The van der Waals surface area contributed by atoms with Crippen LogP contribution in [0.2, 0.25) is 0 Å². The first kappa shape index (κ1) is 23.9. The standard InChI is InChI=1S/C31H29N3OS/c1-31(2,3)23-19-17-22(18-20-23)30-33-25-13-7-9-15-27(25)34(30)21-29(35)32-26-14-8-10-16-28(26)36-24-11-5-4-6-12-24/h4-20H,21H2,1-3H3,(H,32,35). The number of carbonyl (C=O) groups excluding carboxylic acids is 1. The fourth-order valence-electron chi connectivity index (χ4n) is 4.18.